The van der Waals surface area contributed by atoms with Gasteiger partial charge >= 0.3 is 0 Å². The molecule has 27 heavy (non-hydrogen) atoms. The minimum atomic E-state index is -3.19. The van der Waals surface area contributed by atoms with Gasteiger partial charge in [-0.15, -0.1) is 0 Å². The van der Waals surface area contributed by atoms with Crippen molar-refractivity contribution in [3.8, 4) is 11.5 Å². The predicted molar refractivity (Wildman–Crippen MR) is 103 cm³/mol. The first-order valence-electron chi connectivity index (χ1n) is 8.62. The van der Waals surface area contributed by atoms with Crippen LogP contribution in [-0.2, 0) is 20.4 Å². The number of benzene rings is 2. The lowest BCUT2D eigenvalue weighted by atomic mass is 10.2. The quantitative estimate of drug-likeness (QED) is 0.556. The Labute approximate surface area is 158 Å². The van der Waals surface area contributed by atoms with E-state index in [-0.39, 0.29) is 24.2 Å². The monoisotopic (exact) mass is 387 g/mol. The fourth-order valence-electron chi connectivity index (χ4n) is 2.65. The van der Waals surface area contributed by atoms with Crippen LogP contribution in [0.25, 0.3) is 6.08 Å². The summed E-state index contributed by atoms with van der Waals surface area (Å²) in [4.78, 5) is 11.9. The van der Waals surface area contributed by atoms with E-state index in [0.29, 0.717) is 24.5 Å². The second-order valence-electron chi connectivity index (χ2n) is 6.17. The number of amides is 1. The van der Waals surface area contributed by atoms with Gasteiger partial charge < -0.3 is 14.8 Å². The lowest BCUT2D eigenvalue weighted by molar-refractivity contribution is -0.116. The van der Waals surface area contributed by atoms with Crippen LogP contribution in [0.4, 0.5) is 0 Å². The summed E-state index contributed by atoms with van der Waals surface area (Å²) in [6.07, 6.45) is 3.46. The van der Waals surface area contributed by atoms with Crippen molar-refractivity contribution in [2.75, 3.05) is 19.1 Å². The molecule has 1 heterocycles. The first kappa shape index (κ1) is 19.0. The molecule has 3 rings (SSSR count). The molecule has 6 nitrogen and oxygen atoms in total. The summed E-state index contributed by atoms with van der Waals surface area (Å²) in [5.41, 5.74) is 1.59. The number of sulfone groups is 1. The van der Waals surface area contributed by atoms with Crippen LogP contribution in [0.2, 0.25) is 0 Å². The lowest BCUT2D eigenvalue weighted by Crippen LogP contribution is -2.24. The molecule has 0 atom stereocenters. The van der Waals surface area contributed by atoms with E-state index in [1.807, 2.05) is 24.3 Å². The van der Waals surface area contributed by atoms with E-state index < -0.39 is 9.84 Å². The Morgan fingerprint density at radius 3 is 2.67 bits per heavy atom. The zero-order chi connectivity index (χ0) is 19.1. The van der Waals surface area contributed by atoms with Crippen molar-refractivity contribution in [2.45, 2.75) is 12.2 Å². The standard InChI is InChI=1S/C20H21NO5S/c22-20(10-8-16-7-9-18-19(13-16)26-15-25-18)21-11-4-12-27(23,24)14-17-5-2-1-3-6-17/h1-3,5-10,13H,4,11-12,14-15H2,(H,21,22). The SMILES string of the molecule is O=C(C=Cc1ccc2c(c1)OCO2)NCCCS(=O)(=O)Cc1ccccc1. The highest BCUT2D eigenvalue weighted by atomic mass is 32.2. The molecule has 7 heteroatoms. The summed E-state index contributed by atoms with van der Waals surface area (Å²) in [6.45, 7) is 0.508. The zero-order valence-corrected chi connectivity index (χ0v) is 15.6. The number of hydrogen-bond acceptors (Lipinski definition) is 5. The van der Waals surface area contributed by atoms with Crippen LogP contribution in [-0.4, -0.2) is 33.4 Å². The normalized spacial score (nSPS) is 13.0. The summed E-state index contributed by atoms with van der Waals surface area (Å²) < 4.78 is 34.7. The Balaban J connectivity index is 1.40. The van der Waals surface area contributed by atoms with Crippen LogP contribution >= 0.6 is 0 Å². The van der Waals surface area contributed by atoms with Gasteiger partial charge in [-0.3, -0.25) is 4.79 Å². The number of ether oxygens (including phenoxy) is 2. The summed E-state index contributed by atoms with van der Waals surface area (Å²) in [5, 5.41) is 2.70. The topological polar surface area (TPSA) is 81.7 Å². The van der Waals surface area contributed by atoms with Crippen molar-refractivity contribution in [1.29, 1.82) is 0 Å². The summed E-state index contributed by atoms with van der Waals surface area (Å²) in [6, 6.07) is 14.5. The molecular weight excluding hydrogens is 366 g/mol. The van der Waals surface area contributed by atoms with Crippen LogP contribution in [0.5, 0.6) is 11.5 Å². The number of rotatable bonds is 8. The number of fused-ring (bicyclic) bond motifs is 1. The van der Waals surface area contributed by atoms with Crippen molar-refractivity contribution in [3.05, 3.63) is 65.7 Å². The van der Waals surface area contributed by atoms with Gasteiger partial charge in [0, 0.05) is 12.6 Å². The Morgan fingerprint density at radius 2 is 1.85 bits per heavy atom. The number of hydrogen-bond donors (Lipinski definition) is 1. The number of nitrogens with one attached hydrogen (secondary N) is 1. The Morgan fingerprint density at radius 1 is 1.07 bits per heavy atom. The molecule has 2 aromatic rings. The Bertz CT molecular complexity index is 923. The van der Waals surface area contributed by atoms with Crippen molar-refractivity contribution in [2.24, 2.45) is 0 Å². The highest BCUT2D eigenvalue weighted by Crippen LogP contribution is 2.32. The fourth-order valence-corrected chi connectivity index (χ4v) is 4.08. The molecule has 0 spiro atoms. The van der Waals surface area contributed by atoms with Gasteiger partial charge in [0.1, 0.15) is 0 Å². The summed E-state index contributed by atoms with van der Waals surface area (Å²) >= 11 is 0. The third-order valence-corrected chi connectivity index (χ3v) is 5.67. The van der Waals surface area contributed by atoms with Crippen LogP contribution in [0, 0.1) is 0 Å². The second kappa shape index (κ2) is 8.73. The number of carbonyl (C=O) groups excluding carboxylic acids is 1. The third kappa shape index (κ3) is 5.86. The van der Waals surface area contributed by atoms with Crippen molar-refractivity contribution >= 4 is 21.8 Å². The maximum absolute atomic E-state index is 12.1. The van der Waals surface area contributed by atoms with Gasteiger partial charge in [-0.25, -0.2) is 8.42 Å². The van der Waals surface area contributed by atoms with E-state index >= 15 is 0 Å². The van der Waals surface area contributed by atoms with Crippen molar-refractivity contribution < 1.29 is 22.7 Å². The van der Waals surface area contributed by atoms with E-state index in [1.54, 1.807) is 30.3 Å². The third-order valence-electron chi connectivity index (χ3n) is 3.98. The van der Waals surface area contributed by atoms with Gasteiger partial charge in [-0.1, -0.05) is 36.4 Å². The summed E-state index contributed by atoms with van der Waals surface area (Å²) in [5.74, 6) is 1.13. The minimum absolute atomic E-state index is 0.0196. The van der Waals surface area contributed by atoms with Crippen LogP contribution in [0.1, 0.15) is 17.5 Å². The van der Waals surface area contributed by atoms with Crippen molar-refractivity contribution in [3.63, 3.8) is 0 Å². The average molecular weight is 387 g/mol. The first-order valence-corrected chi connectivity index (χ1v) is 10.4. The molecule has 1 amide bonds. The summed E-state index contributed by atoms with van der Waals surface area (Å²) in [7, 11) is -3.19. The molecule has 142 valence electrons. The lowest BCUT2D eigenvalue weighted by Gasteiger charge is -2.05. The molecule has 0 unspecified atom stereocenters. The van der Waals surface area contributed by atoms with Gasteiger partial charge in [-0.2, -0.15) is 0 Å². The Kier molecular flexibility index (Phi) is 6.13. The van der Waals surface area contributed by atoms with E-state index in [0.717, 1.165) is 11.1 Å². The molecule has 0 saturated carbocycles. The van der Waals surface area contributed by atoms with Gasteiger partial charge in [0.05, 0.1) is 11.5 Å². The van der Waals surface area contributed by atoms with Gasteiger partial charge in [0.25, 0.3) is 0 Å². The van der Waals surface area contributed by atoms with Crippen LogP contribution in [0.3, 0.4) is 0 Å². The Hall–Kier alpha value is -2.80. The maximum atomic E-state index is 12.1. The fraction of sp³-hybridized carbons (Fsp3) is 0.250. The molecule has 1 aliphatic heterocycles. The molecule has 1 N–H and O–H groups in total. The second-order valence-corrected chi connectivity index (χ2v) is 8.35. The maximum Gasteiger partial charge on any atom is 0.243 e. The van der Waals surface area contributed by atoms with Crippen LogP contribution < -0.4 is 14.8 Å². The molecule has 0 aromatic heterocycles. The number of carbonyl (C=O) groups is 1. The van der Waals surface area contributed by atoms with E-state index in [4.69, 9.17) is 9.47 Å². The highest BCUT2D eigenvalue weighted by Gasteiger charge is 2.13. The highest BCUT2D eigenvalue weighted by molar-refractivity contribution is 7.90. The van der Waals surface area contributed by atoms with E-state index in [9.17, 15) is 13.2 Å². The van der Waals surface area contributed by atoms with Gasteiger partial charge in [0.2, 0.25) is 12.7 Å². The van der Waals surface area contributed by atoms with Crippen LogP contribution in [0.15, 0.2) is 54.6 Å². The average Bonchev–Trinajstić information content (AvgIpc) is 3.12. The van der Waals surface area contributed by atoms with E-state index in [1.165, 1.54) is 6.08 Å². The predicted octanol–water partition coefficient (Wildman–Crippen LogP) is 2.55. The molecule has 0 fully saturated rings. The molecule has 0 saturated heterocycles. The molecule has 0 aliphatic carbocycles. The first-order chi connectivity index (χ1) is 13.0. The van der Waals surface area contributed by atoms with E-state index in [2.05, 4.69) is 5.32 Å². The molecular formula is C20H21NO5S. The van der Waals surface area contributed by atoms with Crippen molar-refractivity contribution in [1.82, 2.24) is 5.32 Å². The van der Waals surface area contributed by atoms with Gasteiger partial charge in [0.15, 0.2) is 21.3 Å². The minimum Gasteiger partial charge on any atom is -0.454 e. The van der Waals surface area contributed by atoms with Gasteiger partial charge in [-0.05, 0) is 35.8 Å². The molecule has 0 radical (unpaired) electrons. The largest absolute Gasteiger partial charge is 0.454 e. The zero-order valence-electron chi connectivity index (χ0n) is 14.8. The molecule has 1 aliphatic rings. The molecule has 2 aromatic carbocycles. The molecule has 0 bridgehead atoms. The smallest absolute Gasteiger partial charge is 0.243 e.